The molecule has 0 unspecified atom stereocenters. The third kappa shape index (κ3) is 3.98. The summed E-state index contributed by atoms with van der Waals surface area (Å²) < 4.78 is 5.16. The van der Waals surface area contributed by atoms with Gasteiger partial charge in [-0.1, -0.05) is 0 Å². The zero-order chi connectivity index (χ0) is 13.1. The lowest BCUT2D eigenvalue weighted by atomic mass is 9.92. The summed E-state index contributed by atoms with van der Waals surface area (Å²) >= 11 is 0. The number of hydrogen-bond acceptors (Lipinski definition) is 4. The quantitative estimate of drug-likeness (QED) is 0.432. The number of carbonyl (C=O) groups is 1. The maximum atomic E-state index is 11.5. The van der Waals surface area contributed by atoms with Crippen molar-refractivity contribution in [3.63, 3.8) is 0 Å². The molecule has 0 radical (unpaired) electrons. The van der Waals surface area contributed by atoms with Crippen molar-refractivity contribution in [2.45, 2.75) is 70.4 Å². The van der Waals surface area contributed by atoms with Crippen LogP contribution in [0.5, 0.6) is 0 Å². The van der Waals surface area contributed by atoms with Crippen LogP contribution in [0.15, 0.2) is 0 Å². The summed E-state index contributed by atoms with van der Waals surface area (Å²) in [6.07, 6.45) is 3.38. The van der Waals surface area contributed by atoms with E-state index in [2.05, 4.69) is 0 Å². The first kappa shape index (κ1) is 13.9. The summed E-state index contributed by atoms with van der Waals surface area (Å²) in [5.74, 6) is -0.342. The Balaban J connectivity index is 2.48. The first-order valence-electron chi connectivity index (χ1n) is 6.12. The molecule has 0 heterocycles. The van der Waals surface area contributed by atoms with Gasteiger partial charge in [0, 0.05) is 24.2 Å². The first-order chi connectivity index (χ1) is 7.75. The zero-order valence-electron chi connectivity index (χ0n) is 10.8. The van der Waals surface area contributed by atoms with Gasteiger partial charge in [-0.2, -0.15) is 0 Å². The second-order valence-corrected chi connectivity index (χ2v) is 5.78. The number of nitrogens with zero attached hydrogens (tertiary/aromatic N) is 1. The van der Waals surface area contributed by atoms with Gasteiger partial charge in [-0.3, -0.25) is 14.9 Å². The molecule has 0 atom stereocenters. The monoisotopic (exact) mass is 243 g/mol. The van der Waals surface area contributed by atoms with E-state index in [1.165, 1.54) is 0 Å². The molecular weight excluding hydrogens is 222 g/mol. The molecule has 98 valence electrons. The van der Waals surface area contributed by atoms with Crippen molar-refractivity contribution in [1.29, 1.82) is 0 Å². The van der Waals surface area contributed by atoms with E-state index >= 15 is 0 Å². The highest BCUT2D eigenvalue weighted by Gasteiger charge is 2.45. The first-order valence-corrected chi connectivity index (χ1v) is 6.12. The van der Waals surface area contributed by atoms with Crippen molar-refractivity contribution in [2.24, 2.45) is 0 Å². The van der Waals surface area contributed by atoms with Crippen LogP contribution in [0.25, 0.3) is 0 Å². The maximum Gasteiger partial charge on any atom is 0.306 e. The Kier molecular flexibility index (Phi) is 4.11. The van der Waals surface area contributed by atoms with E-state index in [0.717, 1.165) is 12.8 Å². The molecule has 0 aromatic rings. The Morgan fingerprint density at radius 1 is 1.35 bits per heavy atom. The van der Waals surface area contributed by atoms with Gasteiger partial charge in [0.15, 0.2) is 0 Å². The summed E-state index contributed by atoms with van der Waals surface area (Å²) in [6.45, 7) is 5.39. The van der Waals surface area contributed by atoms with Crippen molar-refractivity contribution in [3.8, 4) is 0 Å². The van der Waals surface area contributed by atoms with Crippen LogP contribution in [0.3, 0.4) is 0 Å². The topological polar surface area (TPSA) is 69.4 Å². The molecule has 5 heteroatoms. The van der Waals surface area contributed by atoms with Crippen LogP contribution < -0.4 is 0 Å². The van der Waals surface area contributed by atoms with Crippen molar-refractivity contribution in [1.82, 2.24) is 0 Å². The maximum absolute atomic E-state index is 11.5. The van der Waals surface area contributed by atoms with Gasteiger partial charge in [0.25, 0.3) is 0 Å². The molecule has 0 saturated heterocycles. The molecule has 1 saturated carbocycles. The lowest BCUT2D eigenvalue weighted by molar-refractivity contribution is -0.569. The minimum atomic E-state index is -0.878. The van der Waals surface area contributed by atoms with E-state index in [1.54, 1.807) is 20.8 Å². The van der Waals surface area contributed by atoms with Gasteiger partial charge >= 0.3 is 5.97 Å². The van der Waals surface area contributed by atoms with Gasteiger partial charge in [-0.05, 0) is 33.6 Å². The Morgan fingerprint density at radius 3 is 2.29 bits per heavy atom. The molecule has 1 fully saturated rings. The molecule has 0 aliphatic heterocycles. The normalized spacial score (nSPS) is 19.0. The molecule has 0 aromatic heterocycles. The number of nitro groups is 1. The standard InChI is InChI=1S/C12H21NO4/c1-11(2,3)17-10(14)6-9-12(13(15)16)7-4-5-8-12/h4-9H2,1-3H3. The fraction of sp³-hybridized carbons (Fsp3) is 0.917. The van der Waals surface area contributed by atoms with Gasteiger partial charge in [0.1, 0.15) is 5.60 Å². The van der Waals surface area contributed by atoms with Crippen LogP contribution in [-0.2, 0) is 9.53 Å². The molecule has 5 nitrogen and oxygen atoms in total. The SMILES string of the molecule is CC(C)(C)OC(=O)CCC1([N+](=O)[O-])CCCC1. The van der Waals surface area contributed by atoms with Gasteiger partial charge in [0.05, 0.1) is 6.42 Å². The molecule has 0 N–H and O–H groups in total. The summed E-state index contributed by atoms with van der Waals surface area (Å²) in [4.78, 5) is 22.4. The smallest absolute Gasteiger partial charge is 0.306 e. The molecule has 0 bridgehead atoms. The van der Waals surface area contributed by atoms with Gasteiger partial charge in [-0.25, -0.2) is 0 Å². The van der Waals surface area contributed by atoms with E-state index in [9.17, 15) is 14.9 Å². The zero-order valence-corrected chi connectivity index (χ0v) is 10.8. The predicted molar refractivity (Wildman–Crippen MR) is 63.3 cm³/mol. The minimum absolute atomic E-state index is 0.137. The van der Waals surface area contributed by atoms with E-state index < -0.39 is 11.1 Å². The van der Waals surface area contributed by atoms with E-state index in [1.807, 2.05) is 0 Å². The summed E-state index contributed by atoms with van der Waals surface area (Å²) in [5.41, 5.74) is -1.40. The van der Waals surface area contributed by atoms with Crippen LogP contribution in [0, 0.1) is 10.1 Å². The third-order valence-corrected chi connectivity index (χ3v) is 3.14. The fourth-order valence-electron chi connectivity index (χ4n) is 2.28. The average Bonchev–Trinajstić information content (AvgIpc) is 2.61. The van der Waals surface area contributed by atoms with Crippen molar-refractivity contribution in [3.05, 3.63) is 10.1 Å². The van der Waals surface area contributed by atoms with Crippen LogP contribution >= 0.6 is 0 Å². The molecule has 0 amide bonds. The van der Waals surface area contributed by atoms with E-state index in [4.69, 9.17) is 4.74 Å². The predicted octanol–water partition coefficient (Wildman–Crippen LogP) is 2.70. The Morgan fingerprint density at radius 2 is 1.88 bits per heavy atom. The third-order valence-electron chi connectivity index (χ3n) is 3.14. The van der Waals surface area contributed by atoms with Gasteiger partial charge < -0.3 is 4.74 Å². The highest BCUT2D eigenvalue weighted by atomic mass is 16.6. The minimum Gasteiger partial charge on any atom is -0.460 e. The molecule has 1 rings (SSSR count). The Hall–Kier alpha value is -1.13. The molecular formula is C12H21NO4. The number of esters is 1. The highest BCUT2D eigenvalue weighted by Crippen LogP contribution is 2.36. The van der Waals surface area contributed by atoms with Gasteiger partial charge in [0.2, 0.25) is 5.54 Å². The number of hydrogen-bond donors (Lipinski definition) is 0. The van der Waals surface area contributed by atoms with Crippen LogP contribution in [0.1, 0.15) is 59.3 Å². The lowest BCUT2D eigenvalue weighted by Crippen LogP contribution is -2.36. The summed E-state index contributed by atoms with van der Waals surface area (Å²) in [7, 11) is 0. The largest absolute Gasteiger partial charge is 0.460 e. The Labute approximate surface area is 102 Å². The highest BCUT2D eigenvalue weighted by molar-refractivity contribution is 5.69. The average molecular weight is 243 g/mol. The second-order valence-electron chi connectivity index (χ2n) is 5.78. The van der Waals surface area contributed by atoms with Gasteiger partial charge in [-0.15, -0.1) is 0 Å². The summed E-state index contributed by atoms with van der Waals surface area (Å²) in [6, 6.07) is 0. The van der Waals surface area contributed by atoms with Crippen LogP contribution in [-0.4, -0.2) is 22.0 Å². The second kappa shape index (κ2) is 5.02. The van der Waals surface area contributed by atoms with E-state index in [-0.39, 0.29) is 17.3 Å². The van der Waals surface area contributed by atoms with E-state index in [0.29, 0.717) is 19.3 Å². The Bertz CT molecular complexity index is 300. The lowest BCUT2D eigenvalue weighted by Gasteiger charge is -2.22. The molecule has 1 aliphatic carbocycles. The van der Waals surface area contributed by atoms with Crippen molar-refractivity contribution >= 4 is 5.97 Å². The molecule has 1 aliphatic rings. The molecule has 0 aromatic carbocycles. The van der Waals surface area contributed by atoms with Crippen molar-refractivity contribution in [2.75, 3.05) is 0 Å². The number of rotatable bonds is 4. The fourth-order valence-corrected chi connectivity index (χ4v) is 2.28. The van der Waals surface area contributed by atoms with Crippen LogP contribution in [0.4, 0.5) is 0 Å². The summed E-state index contributed by atoms with van der Waals surface area (Å²) in [5, 5.41) is 11.1. The molecule has 17 heavy (non-hydrogen) atoms. The number of carbonyl (C=O) groups excluding carboxylic acids is 1. The molecule has 0 spiro atoms. The number of ether oxygens (including phenoxy) is 1. The van der Waals surface area contributed by atoms with Crippen LogP contribution in [0.2, 0.25) is 0 Å². The van der Waals surface area contributed by atoms with Crippen molar-refractivity contribution < 1.29 is 14.5 Å².